The van der Waals surface area contributed by atoms with Crippen molar-refractivity contribution in [3.05, 3.63) is 0 Å². The molecule has 0 aliphatic carbocycles. The van der Waals surface area contributed by atoms with Crippen LogP contribution in [0.15, 0.2) is 0 Å². The second-order valence-electron chi connectivity index (χ2n) is 5.17. The molecule has 2 atom stereocenters. The van der Waals surface area contributed by atoms with Crippen LogP contribution in [0.2, 0.25) is 0 Å². The van der Waals surface area contributed by atoms with Gasteiger partial charge in [0, 0.05) is 25.7 Å². The first-order chi connectivity index (χ1) is 8.77. The average Bonchev–Trinajstić information content (AvgIpc) is 2.82. The fraction of sp³-hybridized carbons (Fsp3) is 1.00. The van der Waals surface area contributed by atoms with Crippen LogP contribution in [0.1, 0.15) is 39.5 Å². The van der Waals surface area contributed by atoms with Gasteiger partial charge in [-0.2, -0.15) is 0 Å². The van der Waals surface area contributed by atoms with Gasteiger partial charge in [0.25, 0.3) is 0 Å². The van der Waals surface area contributed by atoms with Gasteiger partial charge in [0.15, 0.2) is 0 Å². The third-order valence-corrected chi connectivity index (χ3v) is 3.62. The fourth-order valence-corrected chi connectivity index (χ4v) is 2.48. The van der Waals surface area contributed by atoms with E-state index in [4.69, 9.17) is 4.74 Å². The van der Waals surface area contributed by atoms with E-state index in [1.54, 1.807) is 0 Å². The van der Waals surface area contributed by atoms with Gasteiger partial charge < -0.3 is 15.2 Å². The van der Waals surface area contributed by atoms with Crippen LogP contribution < -0.4 is 5.32 Å². The number of likely N-dealkylation sites (N-methyl/N-ethyl adjacent to an activating group) is 1. The van der Waals surface area contributed by atoms with Gasteiger partial charge >= 0.3 is 0 Å². The van der Waals surface area contributed by atoms with Crippen LogP contribution in [0.25, 0.3) is 0 Å². The van der Waals surface area contributed by atoms with E-state index in [9.17, 15) is 5.11 Å². The lowest BCUT2D eigenvalue weighted by atomic mass is 10.2. The summed E-state index contributed by atoms with van der Waals surface area (Å²) in [7, 11) is 0. The standard InChI is InChI=1S/C14H30N2O2/c1-3-5-9-18-12-14(17)11-15-10-13-7-6-8-16(13)4-2/h13-15,17H,3-12H2,1-2H3. The van der Waals surface area contributed by atoms with Crippen LogP contribution in [0, 0.1) is 0 Å². The van der Waals surface area contributed by atoms with Gasteiger partial charge in [0.05, 0.1) is 12.7 Å². The molecule has 0 bridgehead atoms. The van der Waals surface area contributed by atoms with Crippen molar-refractivity contribution >= 4 is 0 Å². The maximum absolute atomic E-state index is 9.74. The monoisotopic (exact) mass is 258 g/mol. The number of nitrogens with one attached hydrogen (secondary N) is 1. The third-order valence-electron chi connectivity index (χ3n) is 3.62. The Morgan fingerprint density at radius 3 is 3.00 bits per heavy atom. The molecule has 18 heavy (non-hydrogen) atoms. The largest absolute Gasteiger partial charge is 0.389 e. The molecule has 1 rings (SSSR count). The van der Waals surface area contributed by atoms with E-state index < -0.39 is 0 Å². The molecule has 1 aliphatic rings. The number of likely N-dealkylation sites (tertiary alicyclic amines) is 1. The first-order valence-corrected chi connectivity index (χ1v) is 7.48. The van der Waals surface area contributed by atoms with E-state index in [0.717, 1.165) is 32.5 Å². The smallest absolute Gasteiger partial charge is 0.0897 e. The number of rotatable bonds is 10. The molecular weight excluding hydrogens is 228 g/mol. The number of ether oxygens (including phenoxy) is 1. The van der Waals surface area contributed by atoms with Crippen LogP contribution in [-0.2, 0) is 4.74 Å². The predicted octanol–water partition coefficient (Wildman–Crippen LogP) is 1.24. The summed E-state index contributed by atoms with van der Waals surface area (Å²) in [5.41, 5.74) is 0. The molecule has 1 fully saturated rings. The Morgan fingerprint density at radius 1 is 1.44 bits per heavy atom. The Labute approximate surface area is 112 Å². The van der Waals surface area contributed by atoms with Gasteiger partial charge in [0.1, 0.15) is 0 Å². The Hall–Kier alpha value is -0.160. The molecule has 4 nitrogen and oxygen atoms in total. The summed E-state index contributed by atoms with van der Waals surface area (Å²) in [6.07, 6.45) is 4.43. The Kier molecular flexibility index (Phi) is 8.59. The third kappa shape index (κ3) is 6.14. The molecule has 0 spiro atoms. The van der Waals surface area contributed by atoms with Crippen molar-refractivity contribution in [2.45, 2.75) is 51.7 Å². The zero-order chi connectivity index (χ0) is 13.2. The van der Waals surface area contributed by atoms with E-state index in [-0.39, 0.29) is 6.10 Å². The van der Waals surface area contributed by atoms with Gasteiger partial charge in [-0.05, 0) is 32.4 Å². The summed E-state index contributed by atoms with van der Waals surface area (Å²) in [4.78, 5) is 2.51. The Morgan fingerprint density at radius 2 is 2.28 bits per heavy atom. The van der Waals surface area contributed by atoms with Crippen LogP contribution in [0.5, 0.6) is 0 Å². The maximum Gasteiger partial charge on any atom is 0.0897 e. The molecule has 0 aromatic rings. The summed E-state index contributed by atoms with van der Waals surface area (Å²) >= 11 is 0. The zero-order valence-corrected chi connectivity index (χ0v) is 12.0. The summed E-state index contributed by atoms with van der Waals surface area (Å²) in [5.74, 6) is 0. The Bertz CT molecular complexity index is 202. The molecule has 0 saturated carbocycles. The number of nitrogens with zero attached hydrogens (tertiary/aromatic N) is 1. The van der Waals surface area contributed by atoms with Crippen LogP contribution >= 0.6 is 0 Å². The van der Waals surface area contributed by atoms with Gasteiger partial charge in [-0.15, -0.1) is 0 Å². The van der Waals surface area contributed by atoms with Crippen molar-refractivity contribution < 1.29 is 9.84 Å². The molecule has 1 saturated heterocycles. The molecule has 0 radical (unpaired) electrons. The fourth-order valence-electron chi connectivity index (χ4n) is 2.48. The minimum absolute atomic E-state index is 0.377. The maximum atomic E-state index is 9.74. The number of unbranched alkanes of at least 4 members (excludes halogenated alkanes) is 1. The van der Waals surface area contributed by atoms with Gasteiger partial charge in [-0.3, -0.25) is 4.90 Å². The molecule has 2 unspecified atom stereocenters. The van der Waals surface area contributed by atoms with Gasteiger partial charge in [-0.25, -0.2) is 0 Å². The van der Waals surface area contributed by atoms with Crippen LogP contribution in [-0.4, -0.2) is 61.5 Å². The number of hydrogen-bond donors (Lipinski definition) is 2. The lowest BCUT2D eigenvalue weighted by Gasteiger charge is -2.23. The van der Waals surface area contributed by atoms with E-state index in [2.05, 4.69) is 24.1 Å². The molecule has 2 N–H and O–H groups in total. The van der Waals surface area contributed by atoms with E-state index in [1.807, 2.05) is 0 Å². The summed E-state index contributed by atoms with van der Waals surface area (Å²) in [6.45, 7) is 9.56. The Balaban J connectivity index is 1.99. The highest BCUT2D eigenvalue weighted by molar-refractivity contribution is 4.80. The second kappa shape index (κ2) is 9.73. The minimum atomic E-state index is -0.377. The topological polar surface area (TPSA) is 44.7 Å². The normalized spacial score (nSPS) is 22.5. The van der Waals surface area contributed by atoms with E-state index >= 15 is 0 Å². The number of aliphatic hydroxyl groups is 1. The molecule has 4 heteroatoms. The van der Waals surface area contributed by atoms with E-state index in [1.165, 1.54) is 19.4 Å². The van der Waals surface area contributed by atoms with Crippen LogP contribution in [0.4, 0.5) is 0 Å². The molecule has 0 aromatic carbocycles. The molecule has 108 valence electrons. The highest BCUT2D eigenvalue weighted by Gasteiger charge is 2.22. The molecule has 0 amide bonds. The second-order valence-corrected chi connectivity index (χ2v) is 5.17. The van der Waals surface area contributed by atoms with E-state index in [0.29, 0.717) is 19.2 Å². The predicted molar refractivity (Wildman–Crippen MR) is 74.9 cm³/mol. The highest BCUT2D eigenvalue weighted by atomic mass is 16.5. The molecule has 0 aromatic heterocycles. The quantitative estimate of drug-likeness (QED) is 0.579. The summed E-state index contributed by atoms with van der Waals surface area (Å²) in [6, 6.07) is 0.656. The first-order valence-electron chi connectivity index (χ1n) is 7.48. The average molecular weight is 258 g/mol. The first kappa shape index (κ1) is 15.9. The SMILES string of the molecule is CCCCOCC(O)CNCC1CCCN1CC. The minimum Gasteiger partial charge on any atom is -0.389 e. The van der Waals surface area contributed by atoms with Crippen molar-refractivity contribution in [3.63, 3.8) is 0 Å². The molecular formula is C14H30N2O2. The van der Waals surface area contributed by atoms with Crippen molar-refractivity contribution in [1.82, 2.24) is 10.2 Å². The van der Waals surface area contributed by atoms with Crippen molar-refractivity contribution in [2.24, 2.45) is 0 Å². The summed E-state index contributed by atoms with van der Waals surface area (Å²) in [5, 5.41) is 13.1. The van der Waals surface area contributed by atoms with Crippen LogP contribution in [0.3, 0.4) is 0 Å². The van der Waals surface area contributed by atoms with Crippen molar-refractivity contribution in [1.29, 1.82) is 0 Å². The lowest BCUT2D eigenvalue weighted by molar-refractivity contribution is 0.0353. The van der Waals surface area contributed by atoms with Crippen molar-refractivity contribution in [3.8, 4) is 0 Å². The van der Waals surface area contributed by atoms with Crippen molar-refractivity contribution in [2.75, 3.05) is 39.4 Å². The highest BCUT2D eigenvalue weighted by Crippen LogP contribution is 2.15. The number of hydrogen-bond acceptors (Lipinski definition) is 4. The molecule has 1 aliphatic heterocycles. The zero-order valence-electron chi connectivity index (χ0n) is 12.0. The summed E-state index contributed by atoms with van der Waals surface area (Å²) < 4.78 is 5.40. The number of aliphatic hydroxyl groups excluding tert-OH is 1. The molecule has 1 heterocycles. The van der Waals surface area contributed by atoms with Gasteiger partial charge in [-0.1, -0.05) is 20.3 Å². The van der Waals surface area contributed by atoms with Gasteiger partial charge in [0.2, 0.25) is 0 Å². The lowest BCUT2D eigenvalue weighted by Crippen LogP contribution is -2.41.